The normalized spacial score (nSPS) is 15.5. The summed E-state index contributed by atoms with van der Waals surface area (Å²) < 4.78 is 1.80. The molecule has 0 unspecified atom stereocenters. The van der Waals surface area contributed by atoms with Crippen LogP contribution in [0.4, 0.5) is 0 Å². The summed E-state index contributed by atoms with van der Waals surface area (Å²) in [5.74, 6) is 0.808. The Morgan fingerprint density at radius 3 is 2.75 bits per heavy atom. The van der Waals surface area contributed by atoms with Gasteiger partial charge in [-0.1, -0.05) is 23.7 Å². The predicted molar refractivity (Wildman–Crippen MR) is 109 cm³/mol. The number of aromatic nitrogens is 2. The highest BCUT2D eigenvalue weighted by molar-refractivity contribution is 14.0. The van der Waals surface area contributed by atoms with E-state index in [-0.39, 0.29) is 29.4 Å². The Hall–Kier alpha value is -1.28. The molecule has 1 aromatic carbocycles. The molecule has 1 fully saturated rings. The van der Waals surface area contributed by atoms with Crippen molar-refractivity contribution in [2.24, 2.45) is 12.0 Å². The fraction of sp³-hybridized carbons (Fsp3) is 0.412. The van der Waals surface area contributed by atoms with E-state index < -0.39 is 0 Å². The lowest BCUT2D eigenvalue weighted by Gasteiger charge is -2.19. The van der Waals surface area contributed by atoms with Crippen LogP contribution in [0.1, 0.15) is 24.0 Å². The molecular formula is C17H23ClIN5. The third-order valence-electron chi connectivity index (χ3n) is 4.33. The van der Waals surface area contributed by atoms with Gasteiger partial charge >= 0.3 is 0 Å². The van der Waals surface area contributed by atoms with Gasteiger partial charge in [-0.15, -0.1) is 24.0 Å². The van der Waals surface area contributed by atoms with Crippen LogP contribution in [0.15, 0.2) is 41.7 Å². The summed E-state index contributed by atoms with van der Waals surface area (Å²) in [5, 5.41) is 11.7. The first kappa shape index (κ1) is 19.1. The second-order valence-corrected chi connectivity index (χ2v) is 6.53. The standard InChI is InChI=1S/C17H22ClN5.HI/c1-19-16(20-9-13-10-22-23(2)11-13)21-12-17(6-7-17)14-4-3-5-15(18)8-14;/h3-5,8,10-11H,6-7,9,12H2,1-2H3,(H2,19,20,21);1H. The van der Waals surface area contributed by atoms with E-state index in [1.807, 2.05) is 31.6 Å². The minimum Gasteiger partial charge on any atom is -0.356 e. The SMILES string of the molecule is CN=C(NCc1cnn(C)c1)NCC1(c2cccc(Cl)c2)CC1.I. The number of hydrogen-bond acceptors (Lipinski definition) is 2. The number of halogens is 2. The van der Waals surface area contributed by atoms with Crippen LogP contribution in [0.2, 0.25) is 5.02 Å². The lowest BCUT2D eigenvalue weighted by Crippen LogP contribution is -2.40. The van der Waals surface area contributed by atoms with E-state index in [0.717, 1.165) is 23.1 Å². The Kier molecular flexibility index (Phi) is 6.51. The minimum absolute atomic E-state index is 0. The van der Waals surface area contributed by atoms with E-state index in [1.165, 1.54) is 18.4 Å². The number of aryl methyl sites for hydroxylation is 1. The quantitative estimate of drug-likeness (QED) is 0.410. The van der Waals surface area contributed by atoms with Gasteiger partial charge < -0.3 is 10.6 Å². The second-order valence-electron chi connectivity index (χ2n) is 6.09. The van der Waals surface area contributed by atoms with E-state index in [9.17, 15) is 0 Å². The van der Waals surface area contributed by atoms with E-state index >= 15 is 0 Å². The first-order valence-electron chi connectivity index (χ1n) is 7.79. The Labute approximate surface area is 164 Å². The summed E-state index contributed by atoms with van der Waals surface area (Å²) in [6, 6.07) is 8.17. The zero-order chi connectivity index (χ0) is 16.3. The molecule has 1 aliphatic rings. The lowest BCUT2D eigenvalue weighted by molar-refractivity contribution is 0.645. The predicted octanol–water partition coefficient (Wildman–Crippen LogP) is 3.09. The smallest absolute Gasteiger partial charge is 0.191 e. The molecule has 0 aliphatic heterocycles. The molecule has 1 aliphatic carbocycles. The molecule has 0 saturated heterocycles. The Morgan fingerprint density at radius 2 is 2.17 bits per heavy atom. The second kappa shape index (κ2) is 8.20. The molecule has 24 heavy (non-hydrogen) atoms. The molecule has 2 N–H and O–H groups in total. The maximum atomic E-state index is 6.12. The Morgan fingerprint density at radius 1 is 1.38 bits per heavy atom. The van der Waals surface area contributed by atoms with Crippen LogP contribution in [0.5, 0.6) is 0 Å². The van der Waals surface area contributed by atoms with Crippen LogP contribution in [0.3, 0.4) is 0 Å². The maximum Gasteiger partial charge on any atom is 0.191 e. The molecule has 1 saturated carbocycles. The van der Waals surface area contributed by atoms with Crippen LogP contribution in [0.25, 0.3) is 0 Å². The van der Waals surface area contributed by atoms with Crippen molar-refractivity contribution in [1.29, 1.82) is 0 Å². The van der Waals surface area contributed by atoms with E-state index in [2.05, 4.69) is 32.9 Å². The summed E-state index contributed by atoms with van der Waals surface area (Å²) in [4.78, 5) is 4.29. The van der Waals surface area contributed by atoms with Crippen LogP contribution in [-0.2, 0) is 19.0 Å². The van der Waals surface area contributed by atoms with Crippen molar-refractivity contribution in [2.45, 2.75) is 24.8 Å². The number of hydrogen-bond donors (Lipinski definition) is 2. The summed E-state index contributed by atoms with van der Waals surface area (Å²) >= 11 is 6.12. The van der Waals surface area contributed by atoms with Crippen LogP contribution < -0.4 is 10.6 Å². The number of benzene rings is 1. The Bertz CT molecular complexity index is 709. The van der Waals surface area contributed by atoms with Gasteiger partial charge in [0.05, 0.1) is 6.20 Å². The third-order valence-corrected chi connectivity index (χ3v) is 4.56. The summed E-state index contributed by atoms with van der Waals surface area (Å²) in [7, 11) is 3.70. The number of rotatable bonds is 5. The summed E-state index contributed by atoms with van der Waals surface area (Å²) in [5.41, 5.74) is 2.63. The number of guanidine groups is 1. The largest absolute Gasteiger partial charge is 0.356 e. The molecule has 2 aromatic rings. The van der Waals surface area contributed by atoms with Crippen molar-refractivity contribution >= 4 is 41.5 Å². The summed E-state index contributed by atoms with van der Waals surface area (Å²) in [6.45, 7) is 1.57. The maximum absolute atomic E-state index is 6.12. The van der Waals surface area contributed by atoms with Gasteiger partial charge in [0.25, 0.3) is 0 Å². The van der Waals surface area contributed by atoms with Crippen LogP contribution in [-0.4, -0.2) is 29.3 Å². The van der Waals surface area contributed by atoms with Gasteiger partial charge in [0.1, 0.15) is 0 Å². The zero-order valence-corrected chi connectivity index (χ0v) is 17.0. The number of nitrogens with one attached hydrogen (secondary N) is 2. The van der Waals surface area contributed by atoms with E-state index in [1.54, 1.807) is 11.7 Å². The molecule has 0 bridgehead atoms. The molecule has 0 amide bonds. The monoisotopic (exact) mass is 459 g/mol. The molecule has 0 radical (unpaired) electrons. The van der Waals surface area contributed by atoms with Crippen molar-refractivity contribution in [3.05, 3.63) is 52.8 Å². The highest BCUT2D eigenvalue weighted by Gasteiger charge is 2.44. The van der Waals surface area contributed by atoms with Crippen molar-refractivity contribution < 1.29 is 0 Å². The number of aliphatic imine (C=N–C) groups is 1. The lowest BCUT2D eigenvalue weighted by atomic mass is 9.96. The van der Waals surface area contributed by atoms with Gasteiger partial charge in [0, 0.05) is 49.4 Å². The van der Waals surface area contributed by atoms with E-state index in [0.29, 0.717) is 6.54 Å². The van der Waals surface area contributed by atoms with Crippen molar-refractivity contribution in [2.75, 3.05) is 13.6 Å². The van der Waals surface area contributed by atoms with Gasteiger partial charge in [0.15, 0.2) is 5.96 Å². The average Bonchev–Trinajstić information content (AvgIpc) is 3.23. The summed E-state index contributed by atoms with van der Waals surface area (Å²) in [6.07, 6.45) is 6.21. The molecule has 0 atom stereocenters. The number of nitrogens with zero attached hydrogens (tertiary/aromatic N) is 3. The molecule has 3 rings (SSSR count). The van der Waals surface area contributed by atoms with Gasteiger partial charge in [-0.3, -0.25) is 9.67 Å². The molecule has 1 aromatic heterocycles. The van der Waals surface area contributed by atoms with Gasteiger partial charge in [-0.25, -0.2) is 0 Å². The molecular weight excluding hydrogens is 437 g/mol. The van der Waals surface area contributed by atoms with Gasteiger partial charge in [-0.2, -0.15) is 5.10 Å². The fourth-order valence-electron chi connectivity index (χ4n) is 2.76. The highest BCUT2D eigenvalue weighted by Crippen LogP contribution is 2.48. The molecule has 130 valence electrons. The molecule has 7 heteroatoms. The van der Waals surface area contributed by atoms with Crippen molar-refractivity contribution in [3.8, 4) is 0 Å². The minimum atomic E-state index is 0. The average molecular weight is 460 g/mol. The van der Waals surface area contributed by atoms with E-state index in [4.69, 9.17) is 11.6 Å². The fourth-order valence-corrected chi connectivity index (χ4v) is 2.95. The molecule has 1 heterocycles. The van der Waals surface area contributed by atoms with Crippen LogP contribution in [0, 0.1) is 0 Å². The van der Waals surface area contributed by atoms with Gasteiger partial charge in [-0.05, 0) is 30.5 Å². The first-order chi connectivity index (χ1) is 11.1. The molecule has 0 spiro atoms. The first-order valence-corrected chi connectivity index (χ1v) is 8.17. The van der Waals surface area contributed by atoms with Crippen LogP contribution >= 0.6 is 35.6 Å². The Balaban J connectivity index is 0.00000208. The third kappa shape index (κ3) is 4.63. The van der Waals surface area contributed by atoms with Gasteiger partial charge in [0.2, 0.25) is 0 Å². The molecule has 5 nitrogen and oxygen atoms in total. The zero-order valence-electron chi connectivity index (χ0n) is 13.9. The highest BCUT2D eigenvalue weighted by atomic mass is 127. The topological polar surface area (TPSA) is 54.2 Å². The van der Waals surface area contributed by atoms with Crippen molar-refractivity contribution in [3.63, 3.8) is 0 Å². The van der Waals surface area contributed by atoms with Crippen molar-refractivity contribution in [1.82, 2.24) is 20.4 Å².